The topological polar surface area (TPSA) is 80.9 Å². The lowest BCUT2D eigenvalue weighted by Crippen LogP contribution is -2.03. The van der Waals surface area contributed by atoms with Crippen LogP contribution in [-0.4, -0.2) is 31.3 Å². The first-order valence-electron chi connectivity index (χ1n) is 5.64. The van der Waals surface area contributed by atoms with Crippen molar-refractivity contribution in [2.75, 3.05) is 0 Å². The summed E-state index contributed by atoms with van der Waals surface area (Å²) in [6, 6.07) is 5.98. The van der Waals surface area contributed by atoms with Crippen LogP contribution in [0.25, 0.3) is 5.69 Å². The van der Waals surface area contributed by atoms with Crippen molar-refractivity contribution < 1.29 is 9.90 Å². The number of nitrogens with zero attached hydrogens (tertiary/aromatic N) is 4. The van der Waals surface area contributed by atoms with Crippen LogP contribution in [0.1, 0.15) is 23.4 Å². The summed E-state index contributed by atoms with van der Waals surface area (Å²) < 4.78 is 0. The molecule has 1 heterocycles. The van der Waals surface area contributed by atoms with Crippen molar-refractivity contribution in [1.29, 1.82) is 0 Å². The molecule has 0 unspecified atom stereocenters. The highest BCUT2D eigenvalue weighted by atomic mass is 16.4. The van der Waals surface area contributed by atoms with Crippen LogP contribution in [0.4, 0.5) is 0 Å². The molecule has 0 amide bonds. The summed E-state index contributed by atoms with van der Waals surface area (Å²) in [5.41, 5.74) is 3.02. The van der Waals surface area contributed by atoms with Gasteiger partial charge in [-0.25, -0.2) is 0 Å². The fourth-order valence-electron chi connectivity index (χ4n) is 1.60. The van der Waals surface area contributed by atoms with Gasteiger partial charge in [0, 0.05) is 6.42 Å². The molecule has 18 heavy (non-hydrogen) atoms. The number of aromatic nitrogens is 4. The lowest BCUT2D eigenvalue weighted by molar-refractivity contribution is -0.137. The molecule has 0 radical (unpaired) electrons. The highest BCUT2D eigenvalue weighted by Gasteiger charge is 2.08. The van der Waals surface area contributed by atoms with Gasteiger partial charge in [-0.3, -0.25) is 4.79 Å². The van der Waals surface area contributed by atoms with Gasteiger partial charge in [-0.1, -0.05) is 12.1 Å². The Morgan fingerprint density at radius 1 is 1.39 bits per heavy atom. The lowest BCUT2D eigenvalue weighted by atomic mass is 10.1. The van der Waals surface area contributed by atoms with Gasteiger partial charge in [0.25, 0.3) is 0 Å². The molecule has 0 aliphatic carbocycles. The second kappa shape index (κ2) is 4.95. The van der Waals surface area contributed by atoms with Crippen LogP contribution in [0.15, 0.2) is 18.2 Å². The Hall–Kier alpha value is -2.24. The number of carbonyl (C=O) groups is 1. The number of carboxylic acids is 1. The molecule has 6 heteroatoms. The van der Waals surface area contributed by atoms with E-state index in [4.69, 9.17) is 5.11 Å². The Labute approximate surface area is 104 Å². The summed E-state index contributed by atoms with van der Waals surface area (Å²) >= 11 is 0. The molecule has 0 saturated carbocycles. The molecule has 0 saturated heterocycles. The van der Waals surface area contributed by atoms with Crippen LogP contribution in [0.3, 0.4) is 0 Å². The number of benzene rings is 1. The highest BCUT2D eigenvalue weighted by molar-refractivity contribution is 5.66. The Balaban J connectivity index is 2.23. The zero-order valence-electron chi connectivity index (χ0n) is 10.3. The van der Waals surface area contributed by atoms with Crippen LogP contribution in [-0.2, 0) is 11.2 Å². The van der Waals surface area contributed by atoms with E-state index in [2.05, 4.69) is 15.4 Å². The molecule has 0 aliphatic heterocycles. The number of carboxylic acid groups (broad SMARTS) is 1. The minimum atomic E-state index is -0.863. The standard InChI is InChI=1S/C12H14N4O2/c1-8-3-4-9(2)10(7-8)16-14-11(13-15-16)5-6-12(17)18/h3-4,7H,5-6H2,1-2H3,(H,17,18). The van der Waals surface area contributed by atoms with Gasteiger partial charge in [0.2, 0.25) is 0 Å². The lowest BCUT2D eigenvalue weighted by Gasteiger charge is -2.04. The maximum atomic E-state index is 10.5. The predicted molar refractivity (Wildman–Crippen MR) is 64.6 cm³/mol. The average Bonchev–Trinajstić information content (AvgIpc) is 2.78. The van der Waals surface area contributed by atoms with Gasteiger partial charge < -0.3 is 5.11 Å². The molecule has 1 aromatic heterocycles. The normalized spacial score (nSPS) is 10.6. The third-order valence-electron chi connectivity index (χ3n) is 2.60. The summed E-state index contributed by atoms with van der Waals surface area (Å²) in [7, 11) is 0. The Morgan fingerprint density at radius 3 is 2.89 bits per heavy atom. The van der Waals surface area contributed by atoms with E-state index < -0.39 is 5.97 Å². The smallest absolute Gasteiger partial charge is 0.303 e. The van der Waals surface area contributed by atoms with Crippen molar-refractivity contribution in [3.05, 3.63) is 35.2 Å². The second-order valence-electron chi connectivity index (χ2n) is 4.18. The molecular formula is C12H14N4O2. The molecule has 0 aliphatic rings. The van der Waals surface area contributed by atoms with E-state index in [1.807, 2.05) is 32.0 Å². The van der Waals surface area contributed by atoms with Crippen molar-refractivity contribution in [1.82, 2.24) is 20.2 Å². The molecule has 0 atom stereocenters. The average molecular weight is 246 g/mol. The molecule has 2 rings (SSSR count). The molecule has 94 valence electrons. The van der Waals surface area contributed by atoms with Gasteiger partial charge in [0.1, 0.15) is 0 Å². The molecule has 1 aromatic carbocycles. The molecule has 1 N–H and O–H groups in total. The summed E-state index contributed by atoms with van der Waals surface area (Å²) in [6.45, 7) is 3.96. The summed E-state index contributed by atoms with van der Waals surface area (Å²) in [6.07, 6.45) is 0.304. The minimum absolute atomic E-state index is 0.0124. The molecule has 6 nitrogen and oxygen atoms in total. The van der Waals surface area contributed by atoms with Gasteiger partial charge in [-0.2, -0.15) is 0 Å². The highest BCUT2D eigenvalue weighted by Crippen LogP contribution is 2.13. The van der Waals surface area contributed by atoms with E-state index in [0.29, 0.717) is 12.2 Å². The third kappa shape index (κ3) is 2.71. The SMILES string of the molecule is Cc1ccc(C)c(-n2nnc(CCC(=O)O)n2)c1. The minimum Gasteiger partial charge on any atom is -0.481 e. The van der Waals surface area contributed by atoms with Crippen LogP contribution in [0, 0.1) is 13.8 Å². The van der Waals surface area contributed by atoms with E-state index in [1.54, 1.807) is 0 Å². The summed E-state index contributed by atoms with van der Waals surface area (Å²) in [5.74, 6) is -0.420. The zero-order chi connectivity index (χ0) is 13.1. The van der Waals surface area contributed by atoms with Crippen molar-refractivity contribution in [2.24, 2.45) is 0 Å². The van der Waals surface area contributed by atoms with E-state index in [1.165, 1.54) is 4.80 Å². The van der Waals surface area contributed by atoms with Crippen LogP contribution < -0.4 is 0 Å². The van der Waals surface area contributed by atoms with Crippen molar-refractivity contribution in [2.45, 2.75) is 26.7 Å². The largest absolute Gasteiger partial charge is 0.481 e. The van der Waals surface area contributed by atoms with Gasteiger partial charge in [-0.05, 0) is 36.3 Å². The molecular weight excluding hydrogens is 232 g/mol. The third-order valence-corrected chi connectivity index (χ3v) is 2.60. The van der Waals surface area contributed by atoms with Gasteiger partial charge in [0.15, 0.2) is 5.82 Å². The van der Waals surface area contributed by atoms with E-state index in [9.17, 15) is 4.79 Å². The fraction of sp³-hybridized carbons (Fsp3) is 0.333. The number of rotatable bonds is 4. The number of aryl methyl sites for hydroxylation is 3. The van der Waals surface area contributed by atoms with Gasteiger partial charge >= 0.3 is 5.97 Å². The Kier molecular flexibility index (Phi) is 3.36. The van der Waals surface area contributed by atoms with Crippen LogP contribution in [0.5, 0.6) is 0 Å². The summed E-state index contributed by atoms with van der Waals surface area (Å²) in [4.78, 5) is 11.9. The van der Waals surface area contributed by atoms with Crippen LogP contribution >= 0.6 is 0 Å². The monoisotopic (exact) mass is 246 g/mol. The van der Waals surface area contributed by atoms with Gasteiger partial charge in [0.05, 0.1) is 12.1 Å². The number of tetrazole rings is 1. The quantitative estimate of drug-likeness (QED) is 0.879. The second-order valence-corrected chi connectivity index (χ2v) is 4.18. The first-order valence-corrected chi connectivity index (χ1v) is 5.64. The van der Waals surface area contributed by atoms with Gasteiger partial charge in [-0.15, -0.1) is 15.0 Å². The molecule has 0 bridgehead atoms. The van der Waals surface area contributed by atoms with Crippen molar-refractivity contribution in [3.63, 3.8) is 0 Å². The van der Waals surface area contributed by atoms with E-state index >= 15 is 0 Å². The fourth-order valence-corrected chi connectivity index (χ4v) is 1.60. The molecule has 0 spiro atoms. The Bertz CT molecular complexity index is 577. The van der Waals surface area contributed by atoms with Crippen molar-refractivity contribution >= 4 is 5.97 Å². The number of hydrogen-bond acceptors (Lipinski definition) is 4. The maximum absolute atomic E-state index is 10.5. The molecule has 0 fully saturated rings. The first kappa shape index (κ1) is 12.2. The molecule has 2 aromatic rings. The van der Waals surface area contributed by atoms with Crippen LogP contribution in [0.2, 0.25) is 0 Å². The summed E-state index contributed by atoms with van der Waals surface area (Å²) in [5, 5.41) is 20.6. The maximum Gasteiger partial charge on any atom is 0.303 e. The van der Waals surface area contributed by atoms with E-state index in [0.717, 1.165) is 16.8 Å². The zero-order valence-corrected chi connectivity index (χ0v) is 10.3. The first-order chi connectivity index (χ1) is 8.56. The van der Waals surface area contributed by atoms with E-state index in [-0.39, 0.29) is 6.42 Å². The predicted octanol–water partition coefficient (Wildman–Crippen LogP) is 1.30. The number of aliphatic carboxylic acids is 1. The Morgan fingerprint density at radius 2 is 2.17 bits per heavy atom. The van der Waals surface area contributed by atoms with Crippen molar-refractivity contribution in [3.8, 4) is 5.69 Å². The number of hydrogen-bond donors (Lipinski definition) is 1.